The summed E-state index contributed by atoms with van der Waals surface area (Å²) < 4.78 is 10.3. The fourth-order valence-corrected chi connectivity index (χ4v) is 2.63. The van der Waals surface area contributed by atoms with Crippen LogP contribution in [-0.2, 0) is 19.1 Å². The normalized spacial score (nSPS) is 15.9. The van der Waals surface area contributed by atoms with Crippen LogP contribution < -0.4 is 0 Å². The third kappa shape index (κ3) is 9.59. The van der Waals surface area contributed by atoms with Crippen molar-refractivity contribution in [2.45, 2.75) is 83.7 Å². The molecular weight excluding hydrogens is 280 g/mol. The number of hydrogen-bond donors (Lipinski definition) is 0. The molecule has 1 aliphatic rings. The van der Waals surface area contributed by atoms with Crippen LogP contribution in [-0.4, -0.2) is 24.6 Å². The van der Waals surface area contributed by atoms with Gasteiger partial charge >= 0.3 is 11.9 Å². The quantitative estimate of drug-likeness (QED) is 0.342. The van der Waals surface area contributed by atoms with E-state index >= 15 is 0 Å². The number of hydrogen-bond acceptors (Lipinski definition) is 4. The lowest BCUT2D eigenvalue weighted by Crippen LogP contribution is -2.19. The van der Waals surface area contributed by atoms with Crippen LogP contribution in [0, 0.1) is 0 Å². The SMILES string of the molecule is CCCCCCCCOC(=O)/C=C/C(=O)OC1CCCCC1. The van der Waals surface area contributed by atoms with Crippen LogP contribution in [0.3, 0.4) is 0 Å². The summed E-state index contributed by atoms with van der Waals surface area (Å²) in [5, 5.41) is 0. The number of esters is 2. The largest absolute Gasteiger partial charge is 0.463 e. The maximum Gasteiger partial charge on any atom is 0.331 e. The lowest BCUT2D eigenvalue weighted by Gasteiger charge is -2.20. The fraction of sp³-hybridized carbons (Fsp3) is 0.778. The molecule has 0 aromatic rings. The molecule has 0 atom stereocenters. The predicted molar refractivity (Wildman–Crippen MR) is 86.4 cm³/mol. The van der Waals surface area contributed by atoms with Gasteiger partial charge in [0.2, 0.25) is 0 Å². The van der Waals surface area contributed by atoms with Gasteiger partial charge in [-0.15, -0.1) is 0 Å². The standard InChI is InChI=1S/C18H30O4/c1-2-3-4-5-6-10-15-21-17(19)13-14-18(20)22-16-11-8-7-9-12-16/h13-14,16H,2-12,15H2,1H3/b14-13+. The molecule has 0 saturated heterocycles. The van der Waals surface area contributed by atoms with E-state index in [-0.39, 0.29) is 6.10 Å². The molecule has 22 heavy (non-hydrogen) atoms. The first-order valence-electron chi connectivity index (χ1n) is 8.78. The van der Waals surface area contributed by atoms with Crippen molar-refractivity contribution >= 4 is 11.9 Å². The minimum atomic E-state index is -0.464. The van der Waals surface area contributed by atoms with E-state index in [1.54, 1.807) is 0 Å². The predicted octanol–water partition coefficient (Wildman–Crippen LogP) is 4.32. The molecule has 0 heterocycles. The van der Waals surface area contributed by atoms with Crippen molar-refractivity contribution in [3.63, 3.8) is 0 Å². The Morgan fingerprint density at radius 3 is 2.27 bits per heavy atom. The number of rotatable bonds is 10. The van der Waals surface area contributed by atoms with Crippen molar-refractivity contribution in [1.29, 1.82) is 0 Å². The maximum absolute atomic E-state index is 11.6. The monoisotopic (exact) mass is 310 g/mol. The first kappa shape index (κ1) is 18.7. The van der Waals surface area contributed by atoms with E-state index in [9.17, 15) is 9.59 Å². The molecule has 1 aliphatic carbocycles. The van der Waals surface area contributed by atoms with Crippen molar-refractivity contribution < 1.29 is 19.1 Å². The molecule has 0 aliphatic heterocycles. The highest BCUT2D eigenvalue weighted by molar-refractivity contribution is 5.91. The van der Waals surface area contributed by atoms with Crippen LogP contribution in [0.25, 0.3) is 0 Å². The van der Waals surface area contributed by atoms with E-state index in [1.807, 2.05) is 0 Å². The van der Waals surface area contributed by atoms with Gasteiger partial charge in [-0.2, -0.15) is 0 Å². The van der Waals surface area contributed by atoms with Gasteiger partial charge in [0.15, 0.2) is 0 Å². The van der Waals surface area contributed by atoms with Gasteiger partial charge in [-0.1, -0.05) is 45.4 Å². The molecule has 1 saturated carbocycles. The summed E-state index contributed by atoms with van der Waals surface area (Å²) in [4.78, 5) is 23.0. The average Bonchev–Trinajstić information content (AvgIpc) is 2.53. The molecule has 4 heteroatoms. The Morgan fingerprint density at radius 1 is 0.909 bits per heavy atom. The number of unbranched alkanes of at least 4 members (excludes halogenated alkanes) is 5. The van der Waals surface area contributed by atoms with E-state index in [1.165, 1.54) is 44.3 Å². The molecule has 126 valence electrons. The molecule has 0 spiro atoms. The summed E-state index contributed by atoms with van der Waals surface area (Å²) in [6.07, 6.45) is 14.6. The molecule has 4 nitrogen and oxygen atoms in total. The van der Waals surface area contributed by atoms with Crippen LogP contribution in [0.5, 0.6) is 0 Å². The Kier molecular flexibility index (Phi) is 10.4. The second-order valence-corrected chi connectivity index (χ2v) is 5.97. The zero-order valence-corrected chi connectivity index (χ0v) is 13.9. The minimum absolute atomic E-state index is 0.0186. The Morgan fingerprint density at radius 2 is 1.55 bits per heavy atom. The average molecular weight is 310 g/mol. The van der Waals surface area contributed by atoms with Gasteiger partial charge in [0.05, 0.1) is 6.61 Å². The number of carbonyl (C=O) groups excluding carboxylic acids is 2. The van der Waals surface area contributed by atoms with Crippen molar-refractivity contribution in [1.82, 2.24) is 0 Å². The van der Waals surface area contributed by atoms with Gasteiger partial charge in [0.25, 0.3) is 0 Å². The highest BCUT2D eigenvalue weighted by Crippen LogP contribution is 2.20. The molecule has 1 rings (SSSR count). The Balaban J connectivity index is 2.04. The highest BCUT2D eigenvalue weighted by atomic mass is 16.5. The number of ether oxygens (including phenoxy) is 2. The lowest BCUT2D eigenvalue weighted by atomic mass is 9.98. The summed E-state index contributed by atoms with van der Waals surface area (Å²) in [7, 11) is 0. The van der Waals surface area contributed by atoms with E-state index in [0.29, 0.717) is 6.61 Å². The van der Waals surface area contributed by atoms with Gasteiger partial charge in [0.1, 0.15) is 6.10 Å². The Bertz CT molecular complexity index is 343. The van der Waals surface area contributed by atoms with E-state index in [4.69, 9.17) is 9.47 Å². The summed E-state index contributed by atoms with van der Waals surface area (Å²) in [5.41, 5.74) is 0. The Labute approximate surface area is 134 Å². The summed E-state index contributed by atoms with van der Waals surface area (Å²) in [5.74, 6) is -0.905. The van der Waals surface area contributed by atoms with Crippen LogP contribution in [0.2, 0.25) is 0 Å². The minimum Gasteiger partial charge on any atom is -0.463 e. The summed E-state index contributed by atoms with van der Waals surface area (Å²) >= 11 is 0. The third-order valence-corrected chi connectivity index (χ3v) is 3.93. The highest BCUT2D eigenvalue weighted by Gasteiger charge is 2.16. The van der Waals surface area contributed by atoms with Crippen molar-refractivity contribution in [2.24, 2.45) is 0 Å². The van der Waals surface area contributed by atoms with Gasteiger partial charge < -0.3 is 9.47 Å². The number of carbonyl (C=O) groups is 2. The van der Waals surface area contributed by atoms with Crippen molar-refractivity contribution in [3.05, 3.63) is 12.2 Å². The molecule has 0 bridgehead atoms. The summed E-state index contributed by atoms with van der Waals surface area (Å²) in [6.45, 7) is 2.61. The van der Waals surface area contributed by atoms with Crippen molar-refractivity contribution in [2.75, 3.05) is 6.61 Å². The lowest BCUT2D eigenvalue weighted by molar-refractivity contribution is -0.145. The van der Waals surface area contributed by atoms with Crippen LogP contribution in [0.4, 0.5) is 0 Å². The topological polar surface area (TPSA) is 52.6 Å². The smallest absolute Gasteiger partial charge is 0.331 e. The van der Waals surface area contributed by atoms with Gasteiger partial charge in [-0.05, 0) is 32.1 Å². The van der Waals surface area contributed by atoms with Gasteiger partial charge in [-0.25, -0.2) is 9.59 Å². The molecule has 0 radical (unpaired) electrons. The maximum atomic E-state index is 11.6. The van der Waals surface area contributed by atoms with Crippen LogP contribution in [0.1, 0.15) is 77.6 Å². The third-order valence-electron chi connectivity index (χ3n) is 3.93. The molecule has 1 fully saturated rings. The van der Waals surface area contributed by atoms with Crippen LogP contribution in [0.15, 0.2) is 12.2 Å². The molecule has 0 amide bonds. The molecule has 0 unspecified atom stereocenters. The fourth-order valence-electron chi connectivity index (χ4n) is 2.63. The van der Waals surface area contributed by atoms with E-state index < -0.39 is 11.9 Å². The molecule has 0 aromatic carbocycles. The summed E-state index contributed by atoms with van der Waals surface area (Å²) in [6, 6.07) is 0. The van der Waals surface area contributed by atoms with Gasteiger partial charge in [-0.3, -0.25) is 0 Å². The molecular formula is C18H30O4. The zero-order valence-electron chi connectivity index (χ0n) is 13.9. The first-order chi connectivity index (χ1) is 10.7. The second kappa shape index (κ2) is 12.2. The van der Waals surface area contributed by atoms with E-state index in [2.05, 4.69) is 6.92 Å². The van der Waals surface area contributed by atoms with Gasteiger partial charge in [0, 0.05) is 12.2 Å². The second-order valence-electron chi connectivity index (χ2n) is 5.97. The molecule has 0 aromatic heterocycles. The zero-order chi connectivity index (χ0) is 16.0. The first-order valence-corrected chi connectivity index (χ1v) is 8.78. The van der Waals surface area contributed by atoms with Crippen LogP contribution >= 0.6 is 0 Å². The molecule has 0 N–H and O–H groups in total. The Hall–Kier alpha value is -1.32. The van der Waals surface area contributed by atoms with Crippen molar-refractivity contribution in [3.8, 4) is 0 Å². The van der Waals surface area contributed by atoms with E-state index in [0.717, 1.165) is 38.5 Å².